The minimum Gasteiger partial charge on any atom is -0.481 e. The molecule has 112 valence electrons. The number of aliphatic carboxylic acids is 1. The molecule has 1 aliphatic rings. The molecule has 2 heterocycles. The number of nitrogens with zero attached hydrogens (tertiary/aromatic N) is 2. The van der Waals surface area contributed by atoms with Crippen molar-refractivity contribution in [3.63, 3.8) is 0 Å². The van der Waals surface area contributed by atoms with E-state index < -0.39 is 22.1 Å². The molecule has 1 unspecified atom stereocenters. The van der Waals surface area contributed by atoms with Gasteiger partial charge in [-0.3, -0.25) is 4.79 Å². The predicted molar refractivity (Wildman–Crippen MR) is 73.1 cm³/mol. The topological polar surface area (TPSA) is 91.6 Å². The van der Waals surface area contributed by atoms with Gasteiger partial charge in [0.1, 0.15) is 0 Å². The maximum absolute atomic E-state index is 12.1. The first-order chi connectivity index (χ1) is 9.38. The van der Waals surface area contributed by atoms with Gasteiger partial charge in [-0.05, 0) is 24.5 Å². The predicted octanol–water partition coefficient (Wildman–Crippen LogP) is 0.156. The Morgan fingerprint density at radius 3 is 2.90 bits per heavy atom. The van der Waals surface area contributed by atoms with Gasteiger partial charge in [0.05, 0.1) is 5.92 Å². The smallest absolute Gasteiger partial charge is 0.307 e. The molecule has 0 radical (unpaired) electrons. The van der Waals surface area contributed by atoms with Gasteiger partial charge in [-0.15, -0.1) is 0 Å². The monoisotopic (exact) mass is 301 g/mol. The van der Waals surface area contributed by atoms with E-state index in [1.165, 1.54) is 4.31 Å². The Labute approximate surface area is 118 Å². The van der Waals surface area contributed by atoms with Gasteiger partial charge < -0.3 is 9.67 Å². The van der Waals surface area contributed by atoms with Crippen LogP contribution < -0.4 is 4.72 Å². The van der Waals surface area contributed by atoms with Crippen molar-refractivity contribution in [1.29, 1.82) is 0 Å². The number of carbonyl (C=O) groups is 1. The van der Waals surface area contributed by atoms with E-state index in [9.17, 15) is 13.2 Å². The van der Waals surface area contributed by atoms with Crippen LogP contribution in [0.5, 0.6) is 0 Å². The first-order valence-electron chi connectivity index (χ1n) is 6.47. The van der Waals surface area contributed by atoms with Crippen molar-refractivity contribution in [3.05, 3.63) is 24.0 Å². The number of aromatic nitrogens is 1. The molecule has 2 rings (SSSR count). The lowest BCUT2D eigenvalue weighted by atomic mass is 10.0. The molecule has 7 nitrogen and oxygen atoms in total. The molecule has 0 amide bonds. The van der Waals surface area contributed by atoms with E-state index in [4.69, 9.17) is 5.11 Å². The van der Waals surface area contributed by atoms with E-state index in [0.717, 1.165) is 5.56 Å². The summed E-state index contributed by atoms with van der Waals surface area (Å²) < 4.78 is 29.9. The largest absolute Gasteiger partial charge is 0.481 e. The number of carboxylic acid groups (broad SMARTS) is 1. The molecule has 1 saturated heterocycles. The minimum atomic E-state index is -3.63. The summed E-state index contributed by atoms with van der Waals surface area (Å²) in [7, 11) is -1.77. The molecule has 1 aromatic rings. The maximum Gasteiger partial charge on any atom is 0.307 e. The first kappa shape index (κ1) is 15.0. The third kappa shape index (κ3) is 3.59. The Balaban J connectivity index is 1.97. The Morgan fingerprint density at radius 2 is 2.30 bits per heavy atom. The van der Waals surface area contributed by atoms with Crippen LogP contribution in [-0.4, -0.2) is 41.5 Å². The molecular weight excluding hydrogens is 282 g/mol. The average Bonchev–Trinajstić information content (AvgIpc) is 2.82. The highest BCUT2D eigenvalue weighted by atomic mass is 32.2. The molecule has 2 N–H and O–H groups in total. The van der Waals surface area contributed by atoms with Gasteiger partial charge in [0.25, 0.3) is 10.2 Å². The van der Waals surface area contributed by atoms with Crippen LogP contribution in [-0.2, 0) is 28.6 Å². The van der Waals surface area contributed by atoms with Crippen molar-refractivity contribution in [2.24, 2.45) is 13.0 Å². The Kier molecular flexibility index (Phi) is 4.46. The summed E-state index contributed by atoms with van der Waals surface area (Å²) in [4.78, 5) is 11.0. The molecule has 8 heteroatoms. The summed E-state index contributed by atoms with van der Waals surface area (Å²) in [6, 6.07) is 1.83. The SMILES string of the molecule is Cn1ccc(CNS(=O)(=O)N2CCCC(C(=O)O)C2)c1. The van der Waals surface area contributed by atoms with Gasteiger partial charge in [-0.1, -0.05) is 0 Å². The summed E-state index contributed by atoms with van der Waals surface area (Å²) >= 11 is 0. The van der Waals surface area contributed by atoms with Crippen LogP contribution >= 0.6 is 0 Å². The fourth-order valence-corrected chi connectivity index (χ4v) is 3.57. The second kappa shape index (κ2) is 5.94. The number of hydrogen-bond acceptors (Lipinski definition) is 3. The third-order valence-corrected chi connectivity index (χ3v) is 4.95. The highest BCUT2D eigenvalue weighted by molar-refractivity contribution is 7.87. The van der Waals surface area contributed by atoms with Gasteiger partial charge in [0.2, 0.25) is 0 Å². The fourth-order valence-electron chi connectivity index (χ4n) is 2.29. The highest BCUT2D eigenvalue weighted by Gasteiger charge is 2.31. The van der Waals surface area contributed by atoms with Crippen LogP contribution in [0.3, 0.4) is 0 Å². The van der Waals surface area contributed by atoms with Crippen molar-refractivity contribution in [2.45, 2.75) is 19.4 Å². The molecule has 1 fully saturated rings. The number of hydrogen-bond donors (Lipinski definition) is 2. The van der Waals surface area contributed by atoms with Crippen LogP contribution in [0.25, 0.3) is 0 Å². The molecule has 1 aromatic heterocycles. The van der Waals surface area contributed by atoms with Crippen LogP contribution in [0.4, 0.5) is 0 Å². The van der Waals surface area contributed by atoms with Gasteiger partial charge in [-0.25, -0.2) is 0 Å². The quantitative estimate of drug-likeness (QED) is 0.810. The van der Waals surface area contributed by atoms with Gasteiger partial charge in [0.15, 0.2) is 0 Å². The highest BCUT2D eigenvalue weighted by Crippen LogP contribution is 2.18. The zero-order chi connectivity index (χ0) is 14.8. The third-order valence-electron chi connectivity index (χ3n) is 3.43. The Bertz CT molecular complexity index is 581. The standard InChI is InChI=1S/C12H19N3O4S/c1-14-6-4-10(8-14)7-13-20(18,19)15-5-2-3-11(9-15)12(16)17/h4,6,8,11,13H,2-3,5,7,9H2,1H3,(H,16,17). The number of rotatable bonds is 5. The van der Waals surface area contributed by atoms with Gasteiger partial charge in [-0.2, -0.15) is 17.4 Å². The van der Waals surface area contributed by atoms with E-state index in [-0.39, 0.29) is 13.1 Å². The Morgan fingerprint density at radius 1 is 1.55 bits per heavy atom. The molecule has 1 atom stereocenters. The normalized spacial score (nSPS) is 20.9. The number of nitrogens with one attached hydrogen (secondary N) is 1. The van der Waals surface area contributed by atoms with Crippen LogP contribution in [0.1, 0.15) is 18.4 Å². The molecule has 1 aliphatic heterocycles. The lowest BCUT2D eigenvalue weighted by Crippen LogP contribution is -2.47. The number of aryl methyl sites for hydroxylation is 1. The summed E-state index contributed by atoms with van der Waals surface area (Å²) in [5.41, 5.74) is 0.864. The zero-order valence-corrected chi connectivity index (χ0v) is 12.1. The molecule has 0 spiro atoms. The molecule has 0 bridgehead atoms. The zero-order valence-electron chi connectivity index (χ0n) is 11.3. The van der Waals surface area contributed by atoms with Crippen molar-refractivity contribution in [2.75, 3.05) is 13.1 Å². The van der Waals surface area contributed by atoms with Crippen molar-refractivity contribution in [1.82, 2.24) is 13.6 Å². The summed E-state index contributed by atoms with van der Waals surface area (Å²) in [6.45, 7) is 0.616. The van der Waals surface area contributed by atoms with Crippen LogP contribution in [0, 0.1) is 5.92 Å². The minimum absolute atomic E-state index is 0.0411. The van der Waals surface area contributed by atoms with E-state index >= 15 is 0 Å². The molecule has 0 aliphatic carbocycles. The van der Waals surface area contributed by atoms with Crippen LogP contribution in [0.2, 0.25) is 0 Å². The average molecular weight is 301 g/mol. The van der Waals surface area contributed by atoms with E-state index in [1.54, 1.807) is 0 Å². The van der Waals surface area contributed by atoms with E-state index in [2.05, 4.69) is 4.72 Å². The molecule has 0 aromatic carbocycles. The molecule has 20 heavy (non-hydrogen) atoms. The first-order valence-corrected chi connectivity index (χ1v) is 7.91. The van der Waals surface area contributed by atoms with Gasteiger partial charge >= 0.3 is 5.97 Å². The van der Waals surface area contributed by atoms with E-state index in [1.807, 2.05) is 30.1 Å². The van der Waals surface area contributed by atoms with Gasteiger partial charge in [0, 0.05) is 39.1 Å². The maximum atomic E-state index is 12.1. The van der Waals surface area contributed by atoms with E-state index in [0.29, 0.717) is 19.4 Å². The molecule has 0 saturated carbocycles. The van der Waals surface area contributed by atoms with Crippen molar-refractivity contribution >= 4 is 16.2 Å². The van der Waals surface area contributed by atoms with Crippen molar-refractivity contribution < 1.29 is 18.3 Å². The number of piperidine rings is 1. The lowest BCUT2D eigenvalue weighted by Gasteiger charge is -2.29. The second-order valence-corrected chi connectivity index (χ2v) is 6.80. The number of carboxylic acids is 1. The summed E-state index contributed by atoms with van der Waals surface area (Å²) in [6.07, 6.45) is 4.77. The Hall–Kier alpha value is -1.38. The van der Waals surface area contributed by atoms with Crippen molar-refractivity contribution in [3.8, 4) is 0 Å². The summed E-state index contributed by atoms with van der Waals surface area (Å²) in [5, 5.41) is 8.99. The molecular formula is C12H19N3O4S. The summed E-state index contributed by atoms with van der Waals surface area (Å²) in [5.74, 6) is -1.55. The second-order valence-electron chi connectivity index (χ2n) is 5.05. The lowest BCUT2D eigenvalue weighted by molar-refractivity contribution is -0.142. The fraction of sp³-hybridized carbons (Fsp3) is 0.583. The van der Waals surface area contributed by atoms with Crippen LogP contribution in [0.15, 0.2) is 18.5 Å².